The number of hydrogen-bond acceptors (Lipinski definition) is 4. The highest BCUT2D eigenvalue weighted by atomic mass is 35.7. The Kier molecular flexibility index (Phi) is 2.62. The molecule has 1 aromatic heterocycles. The molecule has 2 unspecified atom stereocenters. The molecule has 0 aliphatic heterocycles. The largest absolute Gasteiger partial charge is 0.481 e. The maximum absolute atomic E-state index is 12.3. The van der Waals surface area contributed by atoms with Crippen molar-refractivity contribution in [2.75, 3.05) is 0 Å². The minimum atomic E-state index is -3.98. The van der Waals surface area contributed by atoms with Gasteiger partial charge in [-0.3, -0.25) is 9.78 Å². The summed E-state index contributed by atoms with van der Waals surface area (Å²) >= 11 is 0. The summed E-state index contributed by atoms with van der Waals surface area (Å²) in [5.41, 5.74) is 1.44. The third-order valence-corrected chi connectivity index (χ3v) is 7.11. The summed E-state index contributed by atoms with van der Waals surface area (Å²) in [6, 6.07) is 3.71. The van der Waals surface area contributed by atoms with Gasteiger partial charge < -0.3 is 5.11 Å². The van der Waals surface area contributed by atoms with Crippen LogP contribution in [0.25, 0.3) is 10.8 Å². The second kappa shape index (κ2) is 4.29. The fourth-order valence-electron chi connectivity index (χ4n) is 4.27. The number of hydrogen-bond donors (Lipinski definition) is 1. The molecule has 1 aromatic carbocycles. The van der Waals surface area contributed by atoms with Crippen LogP contribution in [0.5, 0.6) is 0 Å². The van der Waals surface area contributed by atoms with E-state index in [9.17, 15) is 18.3 Å². The van der Waals surface area contributed by atoms with E-state index in [1.807, 2.05) is 12.1 Å². The van der Waals surface area contributed by atoms with Gasteiger partial charge in [0.25, 0.3) is 9.05 Å². The van der Waals surface area contributed by atoms with E-state index >= 15 is 0 Å². The lowest BCUT2D eigenvalue weighted by Crippen LogP contribution is -2.15. The second-order valence-electron chi connectivity index (χ2n) is 7.22. The molecule has 2 fully saturated rings. The molecule has 2 atom stereocenters. The first kappa shape index (κ1) is 14.7. The molecule has 24 heavy (non-hydrogen) atoms. The zero-order chi connectivity index (χ0) is 16.9. The molecule has 0 amide bonds. The van der Waals surface area contributed by atoms with Crippen molar-refractivity contribution in [3.8, 4) is 0 Å². The lowest BCUT2D eigenvalue weighted by molar-refractivity contribution is -0.143. The first-order valence-corrected chi connectivity index (χ1v) is 10.3. The number of rotatable bonds is 3. The van der Waals surface area contributed by atoms with E-state index in [0.29, 0.717) is 35.1 Å². The van der Waals surface area contributed by atoms with E-state index in [4.69, 9.17) is 10.7 Å². The molecule has 124 valence electrons. The summed E-state index contributed by atoms with van der Waals surface area (Å²) in [5, 5.41) is 10.8. The van der Waals surface area contributed by atoms with Gasteiger partial charge in [0.05, 0.1) is 10.3 Å². The van der Waals surface area contributed by atoms with Crippen molar-refractivity contribution >= 4 is 36.5 Å². The van der Waals surface area contributed by atoms with Crippen molar-refractivity contribution in [3.05, 3.63) is 35.2 Å². The summed E-state index contributed by atoms with van der Waals surface area (Å²) in [6.07, 6.45) is 4.67. The standard InChI is InChI=1S/C17H14ClNO4S/c18-24(22,23)15-11-4-13(8-1-2-8)19-7-10(11)3-9-5-17(16(20)21)6-12(17)14(9)15/h3-4,7-8,12H,1-2,5-6H2,(H,20,21). The van der Waals surface area contributed by atoms with Gasteiger partial charge in [0, 0.05) is 45.2 Å². The van der Waals surface area contributed by atoms with Crippen molar-refractivity contribution in [3.63, 3.8) is 0 Å². The topological polar surface area (TPSA) is 84.3 Å². The third kappa shape index (κ3) is 1.84. The fourth-order valence-corrected chi connectivity index (χ4v) is 5.75. The molecule has 7 heteroatoms. The smallest absolute Gasteiger partial charge is 0.310 e. The number of fused-ring (bicyclic) bond motifs is 4. The maximum atomic E-state index is 12.3. The van der Waals surface area contributed by atoms with Crippen LogP contribution in [0.1, 0.15) is 47.9 Å². The quantitative estimate of drug-likeness (QED) is 0.847. The molecule has 2 aromatic rings. The van der Waals surface area contributed by atoms with Gasteiger partial charge in [-0.05, 0) is 48.9 Å². The number of halogens is 1. The van der Waals surface area contributed by atoms with Crippen LogP contribution in [-0.2, 0) is 20.3 Å². The zero-order valence-electron chi connectivity index (χ0n) is 12.6. The average Bonchev–Trinajstić information content (AvgIpc) is 3.40. The van der Waals surface area contributed by atoms with Crippen molar-refractivity contribution < 1.29 is 18.3 Å². The molecule has 5 nitrogen and oxygen atoms in total. The predicted molar refractivity (Wildman–Crippen MR) is 87.9 cm³/mol. The Balaban J connectivity index is 1.83. The minimum absolute atomic E-state index is 0.103. The molecule has 5 rings (SSSR count). The van der Waals surface area contributed by atoms with E-state index in [0.717, 1.165) is 24.1 Å². The SMILES string of the molecule is O=C(O)C12Cc3cc4cnc(C5CC5)cc4c(S(=O)(=O)Cl)c3C1C2. The van der Waals surface area contributed by atoms with Crippen molar-refractivity contribution in [1.82, 2.24) is 4.98 Å². The van der Waals surface area contributed by atoms with Crippen molar-refractivity contribution in [2.24, 2.45) is 5.41 Å². The number of pyridine rings is 1. The molecular weight excluding hydrogens is 350 g/mol. The van der Waals surface area contributed by atoms with Gasteiger partial charge in [0.15, 0.2) is 0 Å². The maximum Gasteiger partial charge on any atom is 0.310 e. The van der Waals surface area contributed by atoms with Gasteiger partial charge in [0.1, 0.15) is 0 Å². The predicted octanol–water partition coefficient (Wildman–Crippen LogP) is 3.15. The van der Waals surface area contributed by atoms with E-state index in [1.165, 1.54) is 0 Å². The van der Waals surface area contributed by atoms with Gasteiger partial charge in [-0.15, -0.1) is 0 Å². The van der Waals surface area contributed by atoms with Crippen LogP contribution >= 0.6 is 10.7 Å². The Bertz CT molecular complexity index is 1040. The van der Waals surface area contributed by atoms with Crippen LogP contribution in [-0.4, -0.2) is 24.5 Å². The van der Waals surface area contributed by atoms with Gasteiger partial charge in [-0.1, -0.05) is 0 Å². The van der Waals surface area contributed by atoms with Crippen LogP contribution in [0.4, 0.5) is 0 Å². The molecule has 1 N–H and O–H groups in total. The van der Waals surface area contributed by atoms with Gasteiger partial charge >= 0.3 is 5.97 Å². The third-order valence-electron chi connectivity index (χ3n) is 5.72. The summed E-state index contributed by atoms with van der Waals surface area (Å²) in [5.74, 6) is -0.717. The summed E-state index contributed by atoms with van der Waals surface area (Å²) in [7, 11) is 1.80. The monoisotopic (exact) mass is 363 g/mol. The number of carboxylic acid groups (broad SMARTS) is 1. The van der Waals surface area contributed by atoms with Gasteiger partial charge in [0.2, 0.25) is 0 Å². The lowest BCUT2D eigenvalue weighted by Gasteiger charge is -2.13. The van der Waals surface area contributed by atoms with Crippen LogP contribution < -0.4 is 0 Å². The highest BCUT2D eigenvalue weighted by Gasteiger charge is 2.66. The average molecular weight is 364 g/mol. The van der Waals surface area contributed by atoms with Gasteiger partial charge in [-0.25, -0.2) is 8.42 Å². The molecular formula is C17H14ClNO4S. The molecule has 3 aliphatic rings. The molecule has 0 spiro atoms. The van der Waals surface area contributed by atoms with Crippen molar-refractivity contribution in [1.29, 1.82) is 0 Å². The number of aliphatic carboxylic acids is 1. The Morgan fingerprint density at radius 3 is 2.71 bits per heavy atom. The zero-order valence-corrected chi connectivity index (χ0v) is 14.2. The van der Waals surface area contributed by atoms with Crippen molar-refractivity contribution in [2.45, 2.75) is 42.4 Å². The van der Waals surface area contributed by atoms with E-state index in [1.54, 1.807) is 6.20 Å². The Labute approximate surface area is 143 Å². The molecule has 0 radical (unpaired) electrons. The molecule has 1 heterocycles. The van der Waals surface area contributed by atoms with E-state index in [-0.39, 0.29) is 10.8 Å². The van der Waals surface area contributed by atoms with Crippen LogP contribution in [0.15, 0.2) is 23.2 Å². The van der Waals surface area contributed by atoms with Crippen LogP contribution in [0.2, 0.25) is 0 Å². The summed E-state index contributed by atoms with van der Waals surface area (Å²) < 4.78 is 24.7. The molecule has 0 bridgehead atoms. The van der Waals surface area contributed by atoms with E-state index < -0.39 is 20.4 Å². The molecule has 3 aliphatic carbocycles. The van der Waals surface area contributed by atoms with Gasteiger partial charge in [-0.2, -0.15) is 0 Å². The second-order valence-corrected chi connectivity index (χ2v) is 9.72. The lowest BCUT2D eigenvalue weighted by atomic mass is 9.98. The summed E-state index contributed by atoms with van der Waals surface area (Å²) in [6.45, 7) is 0. The number of carboxylic acids is 1. The van der Waals surface area contributed by atoms with E-state index in [2.05, 4.69) is 4.98 Å². The number of benzene rings is 1. The Hall–Kier alpha value is -1.66. The first-order chi connectivity index (χ1) is 11.3. The van der Waals surface area contributed by atoms with Crippen LogP contribution in [0.3, 0.4) is 0 Å². The first-order valence-electron chi connectivity index (χ1n) is 7.95. The van der Waals surface area contributed by atoms with Crippen LogP contribution in [0, 0.1) is 5.41 Å². The highest BCUT2D eigenvalue weighted by molar-refractivity contribution is 8.14. The Morgan fingerprint density at radius 2 is 2.08 bits per heavy atom. The number of aromatic nitrogens is 1. The number of nitrogens with zero attached hydrogens (tertiary/aromatic N) is 1. The fraction of sp³-hybridized carbons (Fsp3) is 0.412. The Morgan fingerprint density at radius 1 is 1.33 bits per heavy atom. The normalized spacial score (nSPS) is 27.8. The highest BCUT2D eigenvalue weighted by Crippen LogP contribution is 2.68. The molecule has 2 saturated carbocycles. The summed E-state index contributed by atoms with van der Waals surface area (Å²) in [4.78, 5) is 16.2. The number of carbonyl (C=O) groups is 1. The molecule has 0 saturated heterocycles. The minimum Gasteiger partial charge on any atom is -0.481 e.